The van der Waals surface area contributed by atoms with Gasteiger partial charge < -0.3 is 5.11 Å². The molecule has 1 N–H and O–H groups in total. The van der Waals surface area contributed by atoms with Crippen molar-refractivity contribution in [1.82, 2.24) is 0 Å². The van der Waals surface area contributed by atoms with E-state index in [2.05, 4.69) is 31.2 Å². The molecule has 0 radical (unpaired) electrons. The predicted molar refractivity (Wildman–Crippen MR) is 75.9 cm³/mol. The Bertz CT molecular complexity index is 409. The van der Waals surface area contributed by atoms with Crippen molar-refractivity contribution in [2.75, 3.05) is 0 Å². The fourth-order valence-electron chi connectivity index (χ4n) is 2.46. The third-order valence-electron chi connectivity index (χ3n) is 3.76. The lowest BCUT2D eigenvalue weighted by molar-refractivity contribution is -0.142. The van der Waals surface area contributed by atoms with Crippen molar-refractivity contribution in [1.29, 1.82) is 0 Å². The lowest BCUT2D eigenvalue weighted by atomic mass is 9.89. The van der Waals surface area contributed by atoms with Gasteiger partial charge in [0.1, 0.15) is 0 Å². The number of carbonyl (C=O) groups is 1. The molecular formula is C15H20O2S. The Hall–Kier alpha value is -0.960. The van der Waals surface area contributed by atoms with Gasteiger partial charge in [0, 0.05) is 11.0 Å². The van der Waals surface area contributed by atoms with Crippen LogP contribution in [0.25, 0.3) is 0 Å². The normalized spacial score (nSPS) is 23.8. The van der Waals surface area contributed by atoms with E-state index in [4.69, 9.17) is 5.11 Å². The molecule has 0 unspecified atom stereocenters. The smallest absolute Gasteiger partial charge is 0.306 e. The molecule has 0 heterocycles. The molecule has 1 aromatic rings. The lowest BCUT2D eigenvalue weighted by Crippen LogP contribution is -2.22. The molecule has 1 aromatic carbocycles. The Labute approximate surface area is 113 Å². The zero-order valence-corrected chi connectivity index (χ0v) is 11.6. The maximum Gasteiger partial charge on any atom is 0.306 e. The number of rotatable bonds is 4. The Morgan fingerprint density at radius 1 is 1.28 bits per heavy atom. The first-order valence-corrected chi connectivity index (χ1v) is 7.60. The van der Waals surface area contributed by atoms with Crippen LogP contribution in [0.3, 0.4) is 0 Å². The minimum atomic E-state index is -0.614. The minimum absolute atomic E-state index is 0.0969. The van der Waals surface area contributed by atoms with Crippen molar-refractivity contribution < 1.29 is 9.90 Å². The molecule has 0 saturated heterocycles. The Kier molecular flexibility index (Phi) is 4.70. The van der Waals surface area contributed by atoms with E-state index in [1.54, 1.807) is 0 Å². The van der Waals surface area contributed by atoms with Gasteiger partial charge in [0.2, 0.25) is 0 Å². The zero-order valence-electron chi connectivity index (χ0n) is 10.8. The molecule has 0 amide bonds. The summed E-state index contributed by atoms with van der Waals surface area (Å²) in [6.07, 6.45) is 3.79. The van der Waals surface area contributed by atoms with E-state index >= 15 is 0 Å². The fraction of sp³-hybridized carbons (Fsp3) is 0.533. The molecule has 18 heavy (non-hydrogen) atoms. The summed E-state index contributed by atoms with van der Waals surface area (Å²) in [6, 6.07) is 8.49. The highest BCUT2D eigenvalue weighted by Crippen LogP contribution is 2.33. The average molecular weight is 264 g/mol. The molecule has 1 fully saturated rings. The quantitative estimate of drug-likeness (QED) is 0.897. The molecule has 1 aliphatic rings. The highest BCUT2D eigenvalue weighted by atomic mass is 32.2. The van der Waals surface area contributed by atoms with Gasteiger partial charge in [-0.3, -0.25) is 4.79 Å². The Morgan fingerprint density at radius 3 is 2.56 bits per heavy atom. The van der Waals surface area contributed by atoms with Crippen LogP contribution in [0.4, 0.5) is 0 Å². The van der Waals surface area contributed by atoms with Crippen LogP contribution in [0.1, 0.15) is 36.8 Å². The van der Waals surface area contributed by atoms with Crippen LogP contribution in [0.2, 0.25) is 0 Å². The van der Waals surface area contributed by atoms with Crippen molar-refractivity contribution in [2.45, 2.75) is 43.6 Å². The van der Waals surface area contributed by atoms with Gasteiger partial charge in [0.15, 0.2) is 0 Å². The van der Waals surface area contributed by atoms with Gasteiger partial charge in [-0.05, 0) is 43.7 Å². The van der Waals surface area contributed by atoms with Crippen LogP contribution in [0.15, 0.2) is 24.3 Å². The number of benzene rings is 1. The maximum atomic E-state index is 10.9. The monoisotopic (exact) mass is 264 g/mol. The van der Waals surface area contributed by atoms with E-state index in [1.165, 1.54) is 11.1 Å². The second kappa shape index (κ2) is 6.28. The molecule has 0 aliphatic heterocycles. The molecule has 0 spiro atoms. The third kappa shape index (κ3) is 3.52. The molecule has 1 aliphatic carbocycles. The van der Waals surface area contributed by atoms with Crippen molar-refractivity contribution in [3.63, 3.8) is 0 Å². The van der Waals surface area contributed by atoms with Crippen molar-refractivity contribution in [2.24, 2.45) is 5.92 Å². The number of hydrogen-bond donors (Lipinski definition) is 1. The molecule has 2 rings (SSSR count). The van der Waals surface area contributed by atoms with E-state index in [-0.39, 0.29) is 5.92 Å². The first kappa shape index (κ1) is 13.5. The fourth-order valence-corrected chi connectivity index (χ4v) is 3.80. The zero-order chi connectivity index (χ0) is 13.0. The van der Waals surface area contributed by atoms with Crippen LogP contribution in [-0.4, -0.2) is 16.3 Å². The third-order valence-corrected chi connectivity index (χ3v) is 5.18. The first-order valence-electron chi connectivity index (χ1n) is 6.55. The van der Waals surface area contributed by atoms with Gasteiger partial charge in [0.05, 0.1) is 5.92 Å². The maximum absolute atomic E-state index is 10.9. The topological polar surface area (TPSA) is 37.3 Å². The standard InChI is InChI=1S/C15H20O2S/c1-11-4-2-3-5-13(11)10-18-14-8-6-12(7-9-14)15(16)17/h2-5,12,14H,6-10H2,1H3,(H,16,17). The van der Waals surface area contributed by atoms with Crippen LogP contribution >= 0.6 is 11.8 Å². The van der Waals surface area contributed by atoms with Crippen molar-refractivity contribution in [3.8, 4) is 0 Å². The van der Waals surface area contributed by atoms with Crippen LogP contribution in [-0.2, 0) is 10.5 Å². The highest BCUT2D eigenvalue weighted by molar-refractivity contribution is 7.99. The minimum Gasteiger partial charge on any atom is -0.481 e. The second-order valence-electron chi connectivity index (χ2n) is 5.05. The molecule has 3 heteroatoms. The van der Waals surface area contributed by atoms with Crippen LogP contribution in [0, 0.1) is 12.8 Å². The lowest BCUT2D eigenvalue weighted by Gasteiger charge is -2.25. The van der Waals surface area contributed by atoms with E-state index < -0.39 is 5.97 Å². The Morgan fingerprint density at radius 2 is 1.94 bits per heavy atom. The summed E-state index contributed by atoms with van der Waals surface area (Å²) in [5, 5.41) is 9.60. The van der Waals surface area contributed by atoms with Gasteiger partial charge in [-0.15, -0.1) is 0 Å². The predicted octanol–water partition coefficient (Wildman–Crippen LogP) is 3.87. The van der Waals surface area contributed by atoms with Gasteiger partial charge in [-0.2, -0.15) is 11.8 Å². The van der Waals surface area contributed by atoms with Gasteiger partial charge in [-0.25, -0.2) is 0 Å². The number of aryl methyl sites for hydroxylation is 1. The number of carboxylic acids is 1. The molecule has 0 atom stereocenters. The number of thioether (sulfide) groups is 1. The van der Waals surface area contributed by atoms with E-state index in [0.29, 0.717) is 5.25 Å². The van der Waals surface area contributed by atoms with Crippen LogP contribution < -0.4 is 0 Å². The largest absolute Gasteiger partial charge is 0.481 e. The summed E-state index contributed by atoms with van der Waals surface area (Å²) in [6.45, 7) is 2.15. The van der Waals surface area contributed by atoms with Gasteiger partial charge in [-0.1, -0.05) is 24.3 Å². The van der Waals surface area contributed by atoms with Crippen molar-refractivity contribution >= 4 is 17.7 Å². The summed E-state index contributed by atoms with van der Waals surface area (Å²) in [5.74, 6) is 0.340. The van der Waals surface area contributed by atoms with Gasteiger partial charge >= 0.3 is 5.97 Å². The summed E-state index contributed by atoms with van der Waals surface area (Å²) in [4.78, 5) is 10.9. The summed E-state index contributed by atoms with van der Waals surface area (Å²) < 4.78 is 0. The SMILES string of the molecule is Cc1ccccc1CSC1CCC(C(=O)O)CC1. The summed E-state index contributed by atoms with van der Waals surface area (Å²) in [5.41, 5.74) is 2.76. The molecule has 98 valence electrons. The summed E-state index contributed by atoms with van der Waals surface area (Å²) in [7, 11) is 0. The molecule has 0 aromatic heterocycles. The molecule has 2 nitrogen and oxygen atoms in total. The van der Waals surface area contributed by atoms with Gasteiger partial charge in [0.25, 0.3) is 0 Å². The summed E-state index contributed by atoms with van der Waals surface area (Å²) >= 11 is 1.99. The average Bonchev–Trinajstić information content (AvgIpc) is 2.38. The number of carboxylic acid groups (broad SMARTS) is 1. The first-order chi connectivity index (χ1) is 8.66. The number of hydrogen-bond acceptors (Lipinski definition) is 2. The van der Waals surface area contributed by atoms with E-state index in [1.807, 2.05) is 11.8 Å². The van der Waals surface area contributed by atoms with Crippen molar-refractivity contribution in [3.05, 3.63) is 35.4 Å². The second-order valence-corrected chi connectivity index (χ2v) is 6.34. The molecular weight excluding hydrogens is 244 g/mol. The van der Waals surface area contributed by atoms with E-state index in [0.717, 1.165) is 31.4 Å². The molecule has 1 saturated carbocycles. The molecule has 0 bridgehead atoms. The van der Waals surface area contributed by atoms with Crippen LogP contribution in [0.5, 0.6) is 0 Å². The van der Waals surface area contributed by atoms with E-state index in [9.17, 15) is 4.79 Å². The Balaban J connectivity index is 1.79. The number of aliphatic carboxylic acids is 1. The highest BCUT2D eigenvalue weighted by Gasteiger charge is 2.25.